The standard InChI is InChI=1S/C12H14Cl2O/c1-12(15,7-8-2-3-8)10-6-9(13)4-5-11(10)14/h4-6,8,15H,2-3,7H2,1H3. The maximum absolute atomic E-state index is 10.4. The number of benzene rings is 1. The van der Waals surface area contributed by atoms with Crippen molar-refractivity contribution in [3.8, 4) is 0 Å². The van der Waals surface area contributed by atoms with Crippen molar-refractivity contribution in [1.82, 2.24) is 0 Å². The summed E-state index contributed by atoms with van der Waals surface area (Å²) < 4.78 is 0. The maximum atomic E-state index is 10.4. The minimum atomic E-state index is -0.858. The molecule has 0 amide bonds. The Labute approximate surface area is 100 Å². The summed E-state index contributed by atoms with van der Waals surface area (Å²) in [7, 11) is 0. The van der Waals surface area contributed by atoms with Crippen LogP contribution in [-0.4, -0.2) is 5.11 Å². The average molecular weight is 245 g/mol. The molecule has 15 heavy (non-hydrogen) atoms. The van der Waals surface area contributed by atoms with E-state index in [4.69, 9.17) is 23.2 Å². The van der Waals surface area contributed by atoms with Crippen LogP contribution in [0.5, 0.6) is 0 Å². The van der Waals surface area contributed by atoms with Gasteiger partial charge in [-0.2, -0.15) is 0 Å². The lowest BCUT2D eigenvalue weighted by Crippen LogP contribution is -2.22. The lowest BCUT2D eigenvalue weighted by atomic mass is 9.90. The molecule has 0 bridgehead atoms. The zero-order chi connectivity index (χ0) is 11.1. The van der Waals surface area contributed by atoms with Crippen LogP contribution in [0.4, 0.5) is 0 Å². The normalized spacial score (nSPS) is 20.0. The fourth-order valence-corrected chi connectivity index (χ4v) is 2.40. The van der Waals surface area contributed by atoms with Gasteiger partial charge in [0.15, 0.2) is 0 Å². The highest BCUT2D eigenvalue weighted by atomic mass is 35.5. The molecule has 1 N–H and O–H groups in total. The second-order valence-electron chi connectivity index (χ2n) is 4.55. The van der Waals surface area contributed by atoms with Crippen LogP contribution in [0, 0.1) is 5.92 Å². The molecule has 0 aliphatic heterocycles. The Bertz CT molecular complexity index is 370. The molecule has 0 aromatic heterocycles. The summed E-state index contributed by atoms with van der Waals surface area (Å²) in [6.07, 6.45) is 3.20. The van der Waals surface area contributed by atoms with E-state index < -0.39 is 5.60 Å². The molecular weight excluding hydrogens is 231 g/mol. The summed E-state index contributed by atoms with van der Waals surface area (Å²) in [6, 6.07) is 5.23. The Hall–Kier alpha value is -0.240. The summed E-state index contributed by atoms with van der Waals surface area (Å²) in [5.74, 6) is 0.648. The summed E-state index contributed by atoms with van der Waals surface area (Å²) in [4.78, 5) is 0. The Morgan fingerprint density at radius 1 is 1.40 bits per heavy atom. The minimum absolute atomic E-state index is 0.588. The Kier molecular flexibility index (Phi) is 2.98. The topological polar surface area (TPSA) is 20.2 Å². The van der Waals surface area contributed by atoms with Crippen molar-refractivity contribution in [2.75, 3.05) is 0 Å². The summed E-state index contributed by atoms with van der Waals surface area (Å²) in [5, 5.41) is 11.6. The number of halogens is 2. The van der Waals surface area contributed by atoms with E-state index in [0.717, 1.165) is 12.0 Å². The molecule has 1 aromatic rings. The van der Waals surface area contributed by atoms with E-state index in [1.54, 1.807) is 18.2 Å². The van der Waals surface area contributed by atoms with Crippen molar-refractivity contribution >= 4 is 23.2 Å². The molecule has 1 nitrogen and oxygen atoms in total. The fourth-order valence-electron chi connectivity index (χ4n) is 1.90. The Balaban J connectivity index is 2.28. The van der Waals surface area contributed by atoms with E-state index in [-0.39, 0.29) is 0 Å². The first-order chi connectivity index (χ1) is 6.99. The Morgan fingerprint density at radius 3 is 2.67 bits per heavy atom. The lowest BCUT2D eigenvalue weighted by molar-refractivity contribution is 0.0419. The van der Waals surface area contributed by atoms with Crippen LogP contribution < -0.4 is 0 Å². The summed E-state index contributed by atoms with van der Waals surface area (Å²) in [5.41, 5.74) is -0.119. The van der Waals surface area contributed by atoms with Crippen molar-refractivity contribution in [1.29, 1.82) is 0 Å². The molecule has 1 aromatic carbocycles. The molecule has 0 heterocycles. The van der Waals surface area contributed by atoms with Crippen molar-refractivity contribution in [2.24, 2.45) is 5.92 Å². The third kappa shape index (κ3) is 2.66. The van der Waals surface area contributed by atoms with Crippen LogP contribution in [-0.2, 0) is 5.60 Å². The first-order valence-corrected chi connectivity index (χ1v) is 5.92. The van der Waals surface area contributed by atoms with Gasteiger partial charge in [-0.3, -0.25) is 0 Å². The quantitative estimate of drug-likeness (QED) is 0.853. The van der Waals surface area contributed by atoms with Crippen molar-refractivity contribution in [2.45, 2.75) is 31.8 Å². The van der Waals surface area contributed by atoms with Crippen molar-refractivity contribution in [3.05, 3.63) is 33.8 Å². The smallest absolute Gasteiger partial charge is 0.0886 e. The monoisotopic (exact) mass is 244 g/mol. The largest absolute Gasteiger partial charge is 0.385 e. The molecule has 1 aliphatic rings. The van der Waals surface area contributed by atoms with Gasteiger partial charge in [0.25, 0.3) is 0 Å². The molecule has 1 saturated carbocycles. The van der Waals surface area contributed by atoms with Crippen LogP contribution in [0.15, 0.2) is 18.2 Å². The van der Waals surface area contributed by atoms with Gasteiger partial charge in [0.2, 0.25) is 0 Å². The van der Waals surface area contributed by atoms with E-state index in [0.29, 0.717) is 16.0 Å². The number of rotatable bonds is 3. The van der Waals surface area contributed by atoms with Crippen molar-refractivity contribution in [3.63, 3.8) is 0 Å². The molecule has 0 spiro atoms. The lowest BCUT2D eigenvalue weighted by Gasteiger charge is -2.25. The molecule has 3 heteroatoms. The molecular formula is C12H14Cl2O. The predicted octanol–water partition coefficient (Wildman–Crippen LogP) is 4.00. The highest BCUT2D eigenvalue weighted by Crippen LogP contribution is 2.42. The summed E-state index contributed by atoms with van der Waals surface area (Å²) in [6.45, 7) is 1.81. The average Bonchev–Trinajstić information content (AvgIpc) is 2.92. The van der Waals surface area contributed by atoms with E-state index in [1.165, 1.54) is 12.8 Å². The number of hydrogen-bond donors (Lipinski definition) is 1. The summed E-state index contributed by atoms with van der Waals surface area (Å²) >= 11 is 12.0. The third-order valence-electron chi connectivity index (χ3n) is 2.89. The Morgan fingerprint density at radius 2 is 2.07 bits per heavy atom. The zero-order valence-corrected chi connectivity index (χ0v) is 10.1. The van der Waals surface area contributed by atoms with Gasteiger partial charge < -0.3 is 5.11 Å². The molecule has 1 fully saturated rings. The van der Waals surface area contributed by atoms with Gasteiger partial charge in [-0.05, 0) is 37.5 Å². The van der Waals surface area contributed by atoms with Gasteiger partial charge in [0.05, 0.1) is 5.60 Å². The van der Waals surface area contributed by atoms with Gasteiger partial charge >= 0.3 is 0 Å². The van der Waals surface area contributed by atoms with Gasteiger partial charge in [-0.1, -0.05) is 36.0 Å². The first kappa shape index (κ1) is 11.3. The second kappa shape index (κ2) is 3.97. The molecule has 1 atom stereocenters. The predicted molar refractivity (Wildman–Crippen MR) is 63.4 cm³/mol. The van der Waals surface area contributed by atoms with Crippen LogP contribution >= 0.6 is 23.2 Å². The van der Waals surface area contributed by atoms with E-state index in [1.807, 2.05) is 6.92 Å². The van der Waals surface area contributed by atoms with E-state index >= 15 is 0 Å². The highest BCUT2D eigenvalue weighted by Gasteiger charge is 2.34. The van der Waals surface area contributed by atoms with Gasteiger partial charge in [-0.15, -0.1) is 0 Å². The van der Waals surface area contributed by atoms with Gasteiger partial charge in [-0.25, -0.2) is 0 Å². The van der Waals surface area contributed by atoms with Gasteiger partial charge in [0.1, 0.15) is 0 Å². The molecule has 0 radical (unpaired) electrons. The highest BCUT2D eigenvalue weighted by molar-refractivity contribution is 6.33. The minimum Gasteiger partial charge on any atom is -0.385 e. The van der Waals surface area contributed by atoms with Crippen LogP contribution in [0.2, 0.25) is 10.0 Å². The van der Waals surface area contributed by atoms with E-state index in [2.05, 4.69) is 0 Å². The maximum Gasteiger partial charge on any atom is 0.0886 e. The molecule has 1 aliphatic carbocycles. The second-order valence-corrected chi connectivity index (χ2v) is 5.39. The van der Waals surface area contributed by atoms with Crippen molar-refractivity contribution < 1.29 is 5.11 Å². The van der Waals surface area contributed by atoms with Crippen LogP contribution in [0.25, 0.3) is 0 Å². The molecule has 82 valence electrons. The number of aliphatic hydroxyl groups is 1. The fraction of sp³-hybridized carbons (Fsp3) is 0.500. The third-order valence-corrected chi connectivity index (χ3v) is 3.46. The van der Waals surface area contributed by atoms with Crippen LogP contribution in [0.3, 0.4) is 0 Å². The molecule has 0 saturated heterocycles. The van der Waals surface area contributed by atoms with Gasteiger partial charge in [0, 0.05) is 15.6 Å². The zero-order valence-electron chi connectivity index (χ0n) is 8.63. The molecule has 2 rings (SSSR count). The SMILES string of the molecule is CC(O)(CC1CC1)c1cc(Cl)ccc1Cl. The van der Waals surface area contributed by atoms with Crippen LogP contribution in [0.1, 0.15) is 31.7 Å². The number of hydrogen-bond acceptors (Lipinski definition) is 1. The first-order valence-electron chi connectivity index (χ1n) is 5.17. The van der Waals surface area contributed by atoms with E-state index in [9.17, 15) is 5.11 Å². The molecule has 1 unspecified atom stereocenters.